The Morgan fingerprint density at radius 2 is 2.00 bits per heavy atom. The first-order chi connectivity index (χ1) is 12.1. The molecular weight excluding hydrogens is 332 g/mol. The van der Waals surface area contributed by atoms with E-state index >= 15 is 0 Å². The molecule has 1 aliphatic rings. The van der Waals surface area contributed by atoms with Gasteiger partial charge < -0.3 is 10.2 Å². The van der Waals surface area contributed by atoms with Crippen molar-refractivity contribution < 1.29 is 4.79 Å². The first-order valence-corrected chi connectivity index (χ1v) is 9.78. The van der Waals surface area contributed by atoms with Crippen molar-refractivity contribution in [2.45, 2.75) is 32.7 Å². The third kappa shape index (κ3) is 5.03. The van der Waals surface area contributed by atoms with E-state index < -0.39 is 0 Å². The molecule has 0 aliphatic carbocycles. The largest absolute Gasteiger partial charge is 0.372 e. The number of hydrogen-bond donors (Lipinski definition) is 1. The van der Waals surface area contributed by atoms with Crippen LogP contribution in [0.1, 0.15) is 30.5 Å². The quantitative estimate of drug-likeness (QED) is 0.824. The van der Waals surface area contributed by atoms with Crippen molar-refractivity contribution >= 4 is 28.6 Å². The van der Waals surface area contributed by atoms with Gasteiger partial charge in [-0.05, 0) is 50.6 Å². The van der Waals surface area contributed by atoms with E-state index in [1.807, 2.05) is 24.1 Å². The summed E-state index contributed by atoms with van der Waals surface area (Å²) in [6.07, 6.45) is 3.50. The predicted molar refractivity (Wildman–Crippen MR) is 104 cm³/mol. The van der Waals surface area contributed by atoms with Crippen molar-refractivity contribution in [2.75, 3.05) is 36.9 Å². The molecule has 5 nitrogen and oxygen atoms in total. The standard InChI is InChI=1S/C19H26N4OS/c1-3-19-21-16(14-25-19)12-22(2)13-18(24)20-15-6-8-17(9-7-15)23-10-4-5-11-23/h6-9,14H,3-5,10-13H2,1-2H3,(H,20,24). The van der Waals surface area contributed by atoms with Crippen molar-refractivity contribution in [2.24, 2.45) is 0 Å². The smallest absolute Gasteiger partial charge is 0.238 e. The molecule has 6 heteroatoms. The van der Waals surface area contributed by atoms with E-state index in [9.17, 15) is 4.79 Å². The van der Waals surface area contributed by atoms with Gasteiger partial charge in [0.2, 0.25) is 5.91 Å². The number of carbonyl (C=O) groups excluding carboxylic acids is 1. The Morgan fingerprint density at radius 1 is 1.28 bits per heavy atom. The highest BCUT2D eigenvalue weighted by atomic mass is 32.1. The van der Waals surface area contributed by atoms with Crippen molar-refractivity contribution in [1.29, 1.82) is 0 Å². The lowest BCUT2D eigenvalue weighted by Crippen LogP contribution is -2.30. The normalized spacial score (nSPS) is 14.3. The number of aryl methyl sites for hydroxylation is 1. The Kier molecular flexibility index (Phi) is 6.04. The summed E-state index contributed by atoms with van der Waals surface area (Å²) in [6, 6.07) is 8.15. The molecule has 1 saturated heterocycles. The zero-order chi connectivity index (χ0) is 17.6. The molecule has 134 valence electrons. The van der Waals surface area contributed by atoms with Crippen LogP contribution in [0.25, 0.3) is 0 Å². The van der Waals surface area contributed by atoms with Gasteiger partial charge in [-0.25, -0.2) is 4.98 Å². The van der Waals surface area contributed by atoms with Gasteiger partial charge in [-0.1, -0.05) is 6.92 Å². The van der Waals surface area contributed by atoms with Crippen LogP contribution in [0.2, 0.25) is 0 Å². The fourth-order valence-corrected chi connectivity index (χ4v) is 3.83. The molecule has 0 bridgehead atoms. The Hall–Kier alpha value is -1.92. The molecule has 0 radical (unpaired) electrons. The van der Waals surface area contributed by atoms with E-state index in [1.165, 1.54) is 18.5 Å². The second-order valence-corrected chi connectivity index (χ2v) is 7.49. The maximum Gasteiger partial charge on any atom is 0.238 e. The number of rotatable bonds is 7. The summed E-state index contributed by atoms with van der Waals surface area (Å²) in [5, 5.41) is 6.19. The van der Waals surface area contributed by atoms with Gasteiger partial charge in [0.15, 0.2) is 0 Å². The van der Waals surface area contributed by atoms with Crippen molar-refractivity contribution in [3.8, 4) is 0 Å². The van der Waals surface area contributed by atoms with Crippen LogP contribution in [0.4, 0.5) is 11.4 Å². The molecule has 1 N–H and O–H groups in total. The van der Waals surface area contributed by atoms with Gasteiger partial charge in [-0.2, -0.15) is 0 Å². The lowest BCUT2D eigenvalue weighted by molar-refractivity contribution is -0.117. The zero-order valence-corrected chi connectivity index (χ0v) is 15.8. The molecule has 1 fully saturated rings. The van der Waals surface area contributed by atoms with Gasteiger partial charge in [-0.3, -0.25) is 9.69 Å². The van der Waals surface area contributed by atoms with E-state index in [2.05, 4.69) is 39.6 Å². The van der Waals surface area contributed by atoms with Crippen LogP contribution in [-0.2, 0) is 17.8 Å². The zero-order valence-electron chi connectivity index (χ0n) is 15.0. The van der Waals surface area contributed by atoms with Crippen LogP contribution in [-0.4, -0.2) is 42.5 Å². The van der Waals surface area contributed by atoms with Crippen LogP contribution < -0.4 is 10.2 Å². The minimum Gasteiger partial charge on any atom is -0.372 e. The highest BCUT2D eigenvalue weighted by Gasteiger charge is 2.13. The number of likely N-dealkylation sites (N-methyl/N-ethyl adjacent to an activating group) is 1. The fourth-order valence-electron chi connectivity index (χ4n) is 3.09. The van der Waals surface area contributed by atoms with Crippen LogP contribution in [0, 0.1) is 0 Å². The van der Waals surface area contributed by atoms with E-state index in [0.717, 1.165) is 35.9 Å². The molecule has 0 atom stereocenters. The van der Waals surface area contributed by atoms with Gasteiger partial charge >= 0.3 is 0 Å². The first kappa shape index (κ1) is 17.9. The topological polar surface area (TPSA) is 48.5 Å². The van der Waals surface area contributed by atoms with Crippen LogP contribution in [0.5, 0.6) is 0 Å². The number of aromatic nitrogens is 1. The number of amides is 1. The van der Waals surface area contributed by atoms with E-state index in [1.54, 1.807) is 11.3 Å². The molecule has 0 spiro atoms. The van der Waals surface area contributed by atoms with Gasteiger partial charge in [0, 0.05) is 36.4 Å². The van der Waals surface area contributed by atoms with Crippen molar-refractivity contribution in [3.63, 3.8) is 0 Å². The number of thiazole rings is 1. The molecule has 25 heavy (non-hydrogen) atoms. The van der Waals surface area contributed by atoms with Crippen molar-refractivity contribution in [1.82, 2.24) is 9.88 Å². The molecule has 1 amide bonds. The Labute approximate surface area is 153 Å². The third-order valence-electron chi connectivity index (χ3n) is 4.37. The molecule has 3 rings (SSSR count). The van der Waals surface area contributed by atoms with Gasteiger partial charge in [-0.15, -0.1) is 11.3 Å². The van der Waals surface area contributed by atoms with Crippen LogP contribution in [0.15, 0.2) is 29.6 Å². The maximum atomic E-state index is 12.2. The van der Waals surface area contributed by atoms with Gasteiger partial charge in [0.05, 0.1) is 17.2 Å². The minimum absolute atomic E-state index is 0.00219. The van der Waals surface area contributed by atoms with E-state index in [4.69, 9.17) is 0 Å². The SMILES string of the molecule is CCc1nc(CN(C)CC(=O)Nc2ccc(N3CCCC3)cc2)cs1. The van der Waals surface area contributed by atoms with Crippen LogP contribution in [0.3, 0.4) is 0 Å². The summed E-state index contributed by atoms with van der Waals surface area (Å²) in [4.78, 5) is 21.2. The summed E-state index contributed by atoms with van der Waals surface area (Å²) in [6.45, 7) is 5.42. The van der Waals surface area contributed by atoms with E-state index in [0.29, 0.717) is 13.1 Å². The lowest BCUT2D eigenvalue weighted by Gasteiger charge is -2.18. The number of carbonyl (C=O) groups is 1. The van der Waals surface area contributed by atoms with Gasteiger partial charge in [0.25, 0.3) is 0 Å². The first-order valence-electron chi connectivity index (χ1n) is 8.90. The monoisotopic (exact) mass is 358 g/mol. The molecule has 2 heterocycles. The van der Waals surface area contributed by atoms with Crippen LogP contribution >= 0.6 is 11.3 Å². The molecule has 0 saturated carbocycles. The second kappa shape index (κ2) is 8.45. The number of benzene rings is 1. The minimum atomic E-state index is 0.00219. The van der Waals surface area contributed by atoms with Gasteiger partial charge in [0.1, 0.15) is 0 Å². The number of nitrogens with one attached hydrogen (secondary N) is 1. The highest BCUT2D eigenvalue weighted by molar-refractivity contribution is 7.09. The highest BCUT2D eigenvalue weighted by Crippen LogP contribution is 2.22. The number of anilines is 2. The molecule has 1 aromatic carbocycles. The average Bonchev–Trinajstić information content (AvgIpc) is 3.26. The molecule has 0 unspecified atom stereocenters. The molecule has 2 aromatic rings. The summed E-state index contributed by atoms with van der Waals surface area (Å²) in [7, 11) is 1.95. The molecule has 1 aromatic heterocycles. The second-order valence-electron chi connectivity index (χ2n) is 6.55. The summed E-state index contributed by atoms with van der Waals surface area (Å²) in [5.74, 6) is 0.00219. The Balaban J connectivity index is 1.48. The van der Waals surface area contributed by atoms with E-state index in [-0.39, 0.29) is 5.91 Å². The molecular formula is C19H26N4OS. The Bertz CT molecular complexity index is 692. The lowest BCUT2D eigenvalue weighted by atomic mass is 10.2. The third-order valence-corrected chi connectivity index (χ3v) is 5.41. The fraction of sp³-hybridized carbons (Fsp3) is 0.474. The maximum absolute atomic E-state index is 12.2. The molecule has 1 aliphatic heterocycles. The summed E-state index contributed by atoms with van der Waals surface area (Å²) in [5.41, 5.74) is 3.12. The summed E-state index contributed by atoms with van der Waals surface area (Å²) < 4.78 is 0. The van der Waals surface area contributed by atoms with Crippen molar-refractivity contribution in [3.05, 3.63) is 40.3 Å². The summed E-state index contributed by atoms with van der Waals surface area (Å²) >= 11 is 1.68. The Morgan fingerprint density at radius 3 is 2.64 bits per heavy atom. The number of nitrogens with zero attached hydrogens (tertiary/aromatic N) is 3. The number of hydrogen-bond acceptors (Lipinski definition) is 5. The predicted octanol–water partition coefficient (Wildman–Crippen LogP) is 3.38. The average molecular weight is 359 g/mol.